The van der Waals surface area contributed by atoms with Gasteiger partial charge in [0.1, 0.15) is 49.4 Å². The zero-order chi connectivity index (χ0) is 34.7. The molecule has 2 aliphatic heterocycles. The molecule has 6 rings (SSSR count). The smallest absolute Gasteiger partial charge is 0.394 e. The number of nitrogens with one attached hydrogen (secondary N) is 2. The van der Waals surface area contributed by atoms with Gasteiger partial charge in [0, 0.05) is 13.1 Å². The molecule has 49 heavy (non-hydrogen) atoms. The molecule has 0 amide bonds. The first-order valence-electron chi connectivity index (χ1n) is 14.7. The quantitative estimate of drug-likeness (QED) is 0.0444. The summed E-state index contributed by atoms with van der Waals surface area (Å²) in [6, 6.07) is 0. The van der Waals surface area contributed by atoms with Crippen LogP contribution in [0.1, 0.15) is 18.9 Å². The highest BCUT2D eigenvalue weighted by Crippen LogP contribution is 2.42. The molecule has 3 unspecified atom stereocenters. The number of thiol groups is 2. The second-order valence-corrected chi connectivity index (χ2v) is 14.0. The molecule has 0 bridgehead atoms. The van der Waals surface area contributed by atoms with Crippen LogP contribution >= 0.6 is 39.0 Å². The SMILES string of the molecule is O=[P+](S)OC1[C@@H](F)[C@H](n2cnc3c(NC/C=C/CCNc4ncnc5c4ncn5[C@@H]4O[C@H](CO)[C@@H](O[P+](=O)S)[C@H]4F)ncnc32)O[C@@H]1CO. The fourth-order valence-corrected chi connectivity index (χ4v) is 7.13. The molecule has 2 fully saturated rings. The molecule has 2 saturated heterocycles. The van der Waals surface area contributed by atoms with Crippen molar-refractivity contribution in [2.75, 3.05) is 36.9 Å². The summed E-state index contributed by atoms with van der Waals surface area (Å²) in [6.45, 7) is -0.261. The lowest BCUT2D eigenvalue weighted by Gasteiger charge is -2.15. The number of alkyl halides is 2. The zero-order valence-electron chi connectivity index (χ0n) is 25.1. The van der Waals surface area contributed by atoms with Crippen LogP contribution in [0.4, 0.5) is 20.4 Å². The van der Waals surface area contributed by atoms with Gasteiger partial charge >= 0.3 is 14.5 Å². The maximum Gasteiger partial charge on any atom is 0.582 e. The Balaban J connectivity index is 1.03. The Morgan fingerprint density at radius 3 is 1.76 bits per heavy atom. The molecule has 0 aromatic carbocycles. The van der Waals surface area contributed by atoms with Crippen molar-refractivity contribution in [1.82, 2.24) is 39.0 Å². The molecule has 2 aliphatic rings. The van der Waals surface area contributed by atoms with Gasteiger partial charge in [0.05, 0.1) is 25.9 Å². The first-order chi connectivity index (χ1) is 23.7. The van der Waals surface area contributed by atoms with Gasteiger partial charge < -0.3 is 30.3 Å². The van der Waals surface area contributed by atoms with E-state index in [1.807, 2.05) is 12.2 Å². The highest BCUT2D eigenvalue weighted by molar-refractivity contribution is 8.39. The van der Waals surface area contributed by atoms with Gasteiger partial charge in [0.15, 0.2) is 71.0 Å². The highest BCUT2D eigenvalue weighted by atomic mass is 32.7. The number of ether oxygens (including phenoxy) is 2. The molecule has 0 radical (unpaired) electrons. The number of aliphatic hydroxyl groups excluding tert-OH is 2. The van der Waals surface area contributed by atoms with E-state index in [0.29, 0.717) is 42.2 Å². The van der Waals surface area contributed by atoms with E-state index in [0.717, 1.165) is 0 Å². The van der Waals surface area contributed by atoms with Gasteiger partial charge in [0.2, 0.25) is 0 Å². The van der Waals surface area contributed by atoms with Gasteiger partial charge in [0.25, 0.3) is 0 Å². The Labute approximate surface area is 288 Å². The predicted octanol–water partition coefficient (Wildman–Crippen LogP) is 2.84. The van der Waals surface area contributed by atoms with E-state index < -0.39 is 76.9 Å². The molecular weight excluding hydrogens is 732 g/mol. The molecule has 4 aromatic rings. The number of aliphatic hydroxyl groups is 2. The van der Waals surface area contributed by atoms with Crippen molar-refractivity contribution in [3.8, 4) is 0 Å². The number of imidazole rings is 2. The zero-order valence-corrected chi connectivity index (χ0v) is 28.7. The van der Waals surface area contributed by atoms with Crippen molar-refractivity contribution in [3.05, 3.63) is 37.5 Å². The molecule has 10 atom stereocenters. The van der Waals surface area contributed by atoms with Crippen LogP contribution in [0, 0.1) is 0 Å². The lowest BCUT2D eigenvalue weighted by atomic mass is 10.1. The summed E-state index contributed by atoms with van der Waals surface area (Å²) in [5.74, 6) is 0.810. The van der Waals surface area contributed by atoms with E-state index in [-0.39, 0.29) is 11.3 Å². The number of anilines is 2. The third kappa shape index (κ3) is 7.53. The molecule has 0 aliphatic carbocycles. The van der Waals surface area contributed by atoms with Crippen LogP contribution in [0.15, 0.2) is 37.5 Å². The predicted molar refractivity (Wildman–Crippen MR) is 176 cm³/mol. The van der Waals surface area contributed by atoms with Crippen molar-refractivity contribution in [2.45, 2.75) is 55.6 Å². The summed E-state index contributed by atoms with van der Waals surface area (Å²) in [5, 5.41) is 25.5. The summed E-state index contributed by atoms with van der Waals surface area (Å²) >= 11 is 7.35. The van der Waals surface area contributed by atoms with Crippen LogP contribution in [-0.4, -0.2) is 112 Å². The van der Waals surface area contributed by atoms with Crippen molar-refractivity contribution >= 4 is 72.9 Å². The normalized spacial score (nSPS) is 27.8. The van der Waals surface area contributed by atoms with E-state index in [9.17, 15) is 19.3 Å². The maximum atomic E-state index is 15.2. The molecule has 4 aromatic heterocycles. The van der Waals surface area contributed by atoms with Crippen molar-refractivity contribution in [3.63, 3.8) is 0 Å². The average Bonchev–Trinajstić information content (AvgIpc) is 3.85. The monoisotopic (exact) mass is 762 g/mol. The molecule has 0 saturated carbocycles. The van der Waals surface area contributed by atoms with Crippen molar-refractivity contribution < 1.29 is 46.6 Å². The first kappa shape index (κ1) is 35.8. The Kier molecular flexibility index (Phi) is 11.6. The number of nitrogens with zero attached hydrogens (tertiary/aromatic N) is 8. The number of aromatic nitrogens is 8. The van der Waals surface area contributed by atoms with Crippen LogP contribution in [0.25, 0.3) is 22.3 Å². The van der Waals surface area contributed by atoms with Gasteiger partial charge in [-0.3, -0.25) is 9.13 Å². The van der Waals surface area contributed by atoms with Gasteiger partial charge in [-0.25, -0.2) is 38.7 Å². The lowest BCUT2D eigenvalue weighted by molar-refractivity contribution is -0.0427. The number of fused-ring (bicyclic) bond motifs is 2. The minimum absolute atomic E-state index is 0.280. The van der Waals surface area contributed by atoms with Crippen molar-refractivity contribution in [1.29, 1.82) is 0 Å². The highest BCUT2D eigenvalue weighted by Gasteiger charge is 2.52. The lowest BCUT2D eigenvalue weighted by Crippen LogP contribution is -2.31. The fourth-order valence-electron chi connectivity index (χ4n) is 5.56. The van der Waals surface area contributed by atoms with Crippen LogP contribution in [0.3, 0.4) is 0 Å². The summed E-state index contributed by atoms with van der Waals surface area (Å²) in [4.78, 5) is 25.5. The van der Waals surface area contributed by atoms with E-state index in [1.54, 1.807) is 0 Å². The molecule has 18 nitrogen and oxygen atoms in total. The summed E-state index contributed by atoms with van der Waals surface area (Å²) < 4.78 is 77.4. The number of halogens is 2. The summed E-state index contributed by atoms with van der Waals surface area (Å²) in [6.07, 6.45) is -1.06. The fraction of sp³-hybridized carbons (Fsp3) is 0.520. The van der Waals surface area contributed by atoms with Crippen LogP contribution in [0.5, 0.6) is 0 Å². The van der Waals surface area contributed by atoms with Gasteiger partial charge in [-0.1, -0.05) is 12.2 Å². The molecule has 6 heterocycles. The molecule has 24 heteroatoms. The molecular formula is C25H30F2N10O8P2S2+2. The van der Waals surface area contributed by atoms with Gasteiger partial charge in [-0.15, -0.1) is 9.05 Å². The second kappa shape index (κ2) is 15.9. The Morgan fingerprint density at radius 1 is 0.796 bits per heavy atom. The standard InChI is InChI=1S/C25H28F2N10O8P2S2/c26-14-18(44-46(40)48)12(6-38)42-24(14)36-10-34-16-20(30-8-32-22(16)36)28-4-2-1-3-5-29-21-17-23(33-9-31-21)37(11-35-17)25-15(27)19(45-47(41)49)13(7-39)43-25/h1-2,8-15,18-19,24-25,38-39H,3-7H2,(H2-2,28,29,30,31,32,33,40,41,48,49)/p+2/b2-1+/t12-,13-,14-,15-,18?,19-,24-,25-/m1/s1. The van der Waals surface area contributed by atoms with Gasteiger partial charge in [-0.05, 0) is 15.6 Å². The van der Waals surface area contributed by atoms with E-state index >= 15 is 8.78 Å². The van der Waals surface area contributed by atoms with Crippen LogP contribution < -0.4 is 10.6 Å². The van der Waals surface area contributed by atoms with Gasteiger partial charge in [-0.2, -0.15) is 0 Å². The Morgan fingerprint density at radius 2 is 1.29 bits per heavy atom. The molecule has 4 N–H and O–H groups in total. The minimum Gasteiger partial charge on any atom is -0.394 e. The van der Waals surface area contributed by atoms with E-state index in [1.165, 1.54) is 34.4 Å². The van der Waals surface area contributed by atoms with E-state index in [4.69, 9.17) is 18.5 Å². The third-order valence-corrected chi connectivity index (χ3v) is 9.15. The number of rotatable bonds is 15. The number of hydrogen-bond acceptors (Lipinski definition) is 16. The Hall–Kier alpha value is -3.04. The summed E-state index contributed by atoms with van der Waals surface area (Å²) in [7, 11) is -4.85. The Bertz CT molecular complexity index is 1840. The largest absolute Gasteiger partial charge is 0.582 e. The molecule has 0 spiro atoms. The topological polar surface area (TPSA) is 223 Å². The third-order valence-electron chi connectivity index (χ3n) is 7.74. The number of hydrogen-bond donors (Lipinski definition) is 6. The van der Waals surface area contributed by atoms with Crippen LogP contribution in [0.2, 0.25) is 0 Å². The van der Waals surface area contributed by atoms with Crippen molar-refractivity contribution in [2.24, 2.45) is 0 Å². The molecule has 262 valence electrons. The second-order valence-electron chi connectivity index (χ2n) is 10.7. The summed E-state index contributed by atoms with van der Waals surface area (Å²) in [5.41, 5.74) is 1.30. The van der Waals surface area contributed by atoms with Crippen LogP contribution in [-0.2, 0) is 27.7 Å². The average molecular weight is 763 g/mol. The minimum atomic E-state index is -2.43. The maximum absolute atomic E-state index is 15.2. The first-order valence-corrected chi connectivity index (χ1v) is 19.3. The van der Waals surface area contributed by atoms with E-state index in [2.05, 4.69) is 65.0 Å².